The third-order valence-corrected chi connectivity index (χ3v) is 5.32. The Morgan fingerprint density at radius 3 is 2.55 bits per heavy atom. The molecule has 2 aromatic carbocycles. The van der Waals surface area contributed by atoms with Gasteiger partial charge in [-0.3, -0.25) is 9.59 Å². The quantitative estimate of drug-likeness (QED) is 0.325. The Kier molecular flexibility index (Phi) is 6.30. The molecule has 0 saturated carbocycles. The second-order valence-corrected chi connectivity index (χ2v) is 7.56. The molecule has 10 heteroatoms. The van der Waals surface area contributed by atoms with Gasteiger partial charge in [-0.15, -0.1) is 5.10 Å². The minimum Gasteiger partial charge on any atom is -0.478 e. The monoisotopic (exact) mass is 430 g/mol. The number of carbonyl (C=O) groups is 3. The van der Waals surface area contributed by atoms with Crippen LogP contribution in [0.4, 0.5) is 5.69 Å². The van der Waals surface area contributed by atoms with E-state index in [4.69, 9.17) is 22.4 Å². The number of benzene rings is 2. The number of hydrogen-bond donors (Lipinski definition) is 2. The lowest BCUT2D eigenvalue weighted by molar-refractivity contribution is -0.121. The summed E-state index contributed by atoms with van der Waals surface area (Å²) >= 11 is 6.96. The molecule has 29 heavy (non-hydrogen) atoms. The number of carboxylic acid groups (broad SMARTS) is 1. The number of carboxylic acids is 1. The first-order valence-electron chi connectivity index (χ1n) is 8.34. The van der Waals surface area contributed by atoms with E-state index in [1.54, 1.807) is 24.3 Å². The maximum absolute atomic E-state index is 12.6. The van der Waals surface area contributed by atoms with Gasteiger partial charge in [0.15, 0.2) is 5.17 Å². The van der Waals surface area contributed by atoms with Crippen molar-refractivity contribution in [3.8, 4) is 0 Å². The SMILES string of the molecule is NC(=N/N=C\c1ccccc1Cl)S[C@H]1CC(=O)N(c2ccc(C(=O)O)cc2)C1=O. The molecule has 3 rings (SSSR count). The van der Waals surface area contributed by atoms with Crippen molar-refractivity contribution in [3.05, 3.63) is 64.7 Å². The number of nitrogens with two attached hydrogens (primary N) is 1. The van der Waals surface area contributed by atoms with Gasteiger partial charge in [0.25, 0.3) is 0 Å². The third-order valence-electron chi connectivity index (χ3n) is 4.00. The van der Waals surface area contributed by atoms with Crippen molar-refractivity contribution in [2.24, 2.45) is 15.9 Å². The first-order valence-corrected chi connectivity index (χ1v) is 9.60. The molecular weight excluding hydrogens is 416 g/mol. The number of thioether (sulfide) groups is 1. The molecule has 0 spiro atoms. The van der Waals surface area contributed by atoms with Crippen molar-refractivity contribution in [3.63, 3.8) is 0 Å². The van der Waals surface area contributed by atoms with Crippen LogP contribution in [-0.4, -0.2) is 39.5 Å². The summed E-state index contributed by atoms with van der Waals surface area (Å²) in [6.45, 7) is 0. The second-order valence-electron chi connectivity index (χ2n) is 5.93. The van der Waals surface area contributed by atoms with Gasteiger partial charge in [-0.05, 0) is 30.3 Å². The minimum absolute atomic E-state index is 0.0301. The lowest BCUT2D eigenvalue weighted by Gasteiger charge is -2.14. The number of halogens is 1. The smallest absolute Gasteiger partial charge is 0.335 e. The van der Waals surface area contributed by atoms with E-state index < -0.39 is 23.0 Å². The number of carbonyl (C=O) groups excluding carboxylic acids is 2. The Morgan fingerprint density at radius 2 is 1.90 bits per heavy atom. The molecule has 0 radical (unpaired) electrons. The van der Waals surface area contributed by atoms with Gasteiger partial charge >= 0.3 is 5.97 Å². The number of aromatic carboxylic acids is 1. The first-order chi connectivity index (χ1) is 13.9. The summed E-state index contributed by atoms with van der Waals surface area (Å²) in [7, 11) is 0. The fourth-order valence-corrected chi connectivity index (χ4v) is 3.62. The molecule has 0 aromatic heterocycles. The van der Waals surface area contributed by atoms with Gasteiger partial charge in [-0.2, -0.15) is 5.10 Å². The topological polar surface area (TPSA) is 125 Å². The van der Waals surface area contributed by atoms with Crippen molar-refractivity contribution in [2.75, 3.05) is 4.90 Å². The Bertz CT molecular complexity index is 1020. The van der Waals surface area contributed by atoms with Crippen LogP contribution >= 0.6 is 23.4 Å². The maximum atomic E-state index is 12.6. The summed E-state index contributed by atoms with van der Waals surface area (Å²) < 4.78 is 0. The molecule has 0 bridgehead atoms. The molecule has 2 amide bonds. The molecule has 1 atom stereocenters. The number of rotatable bonds is 5. The highest BCUT2D eigenvalue weighted by atomic mass is 35.5. The Hall–Kier alpha value is -3.17. The molecule has 148 valence electrons. The Labute approximate surface area is 175 Å². The van der Waals surface area contributed by atoms with Gasteiger partial charge in [0.1, 0.15) is 5.25 Å². The van der Waals surface area contributed by atoms with Gasteiger partial charge in [-0.1, -0.05) is 41.6 Å². The van der Waals surface area contributed by atoms with Crippen molar-refractivity contribution in [1.82, 2.24) is 0 Å². The van der Waals surface area contributed by atoms with E-state index in [1.807, 2.05) is 0 Å². The van der Waals surface area contributed by atoms with E-state index in [-0.39, 0.29) is 17.2 Å². The molecular formula is C19H15ClN4O4S. The summed E-state index contributed by atoms with van der Waals surface area (Å²) in [5, 5.41) is 16.4. The molecule has 1 saturated heterocycles. The zero-order chi connectivity index (χ0) is 21.0. The van der Waals surface area contributed by atoms with Gasteiger partial charge in [0.05, 0.1) is 17.5 Å². The molecule has 1 aliphatic rings. The average molecular weight is 431 g/mol. The predicted molar refractivity (Wildman–Crippen MR) is 113 cm³/mol. The molecule has 8 nitrogen and oxygen atoms in total. The summed E-state index contributed by atoms with van der Waals surface area (Å²) in [6.07, 6.45) is 1.39. The number of anilines is 1. The van der Waals surface area contributed by atoms with Crippen LogP contribution < -0.4 is 10.6 Å². The molecule has 3 N–H and O–H groups in total. The van der Waals surface area contributed by atoms with Crippen LogP contribution in [0.25, 0.3) is 0 Å². The number of amides is 2. The average Bonchev–Trinajstić information content (AvgIpc) is 2.96. The molecule has 0 aliphatic carbocycles. The van der Waals surface area contributed by atoms with Gasteiger partial charge in [-0.25, -0.2) is 9.69 Å². The summed E-state index contributed by atoms with van der Waals surface area (Å²) in [4.78, 5) is 36.8. The van der Waals surface area contributed by atoms with Gasteiger partial charge < -0.3 is 10.8 Å². The van der Waals surface area contributed by atoms with Crippen LogP contribution in [0.3, 0.4) is 0 Å². The predicted octanol–water partition coefficient (Wildman–Crippen LogP) is 2.75. The highest BCUT2D eigenvalue weighted by molar-refractivity contribution is 8.14. The first kappa shape index (κ1) is 20.6. The van der Waals surface area contributed by atoms with E-state index in [9.17, 15) is 14.4 Å². The summed E-state index contributed by atoms with van der Waals surface area (Å²) in [5.41, 5.74) is 6.85. The number of amidine groups is 1. The van der Waals surface area contributed by atoms with Crippen LogP contribution in [0, 0.1) is 0 Å². The lowest BCUT2D eigenvalue weighted by Crippen LogP contribution is -2.31. The van der Waals surface area contributed by atoms with E-state index in [1.165, 1.54) is 30.5 Å². The Balaban J connectivity index is 1.67. The van der Waals surface area contributed by atoms with Gasteiger partial charge in [0, 0.05) is 17.0 Å². The van der Waals surface area contributed by atoms with E-state index in [0.717, 1.165) is 16.7 Å². The number of hydrogen-bond acceptors (Lipinski definition) is 6. The number of nitrogens with zero attached hydrogens (tertiary/aromatic N) is 3. The molecule has 1 fully saturated rings. The second kappa shape index (κ2) is 8.89. The van der Waals surface area contributed by atoms with Crippen molar-refractivity contribution in [1.29, 1.82) is 0 Å². The molecule has 1 aliphatic heterocycles. The van der Waals surface area contributed by atoms with Crippen molar-refractivity contribution < 1.29 is 19.5 Å². The maximum Gasteiger partial charge on any atom is 0.335 e. The zero-order valence-corrected chi connectivity index (χ0v) is 16.4. The highest BCUT2D eigenvalue weighted by Gasteiger charge is 2.40. The van der Waals surface area contributed by atoms with Crippen LogP contribution in [0.15, 0.2) is 58.7 Å². The van der Waals surface area contributed by atoms with E-state index in [0.29, 0.717) is 16.3 Å². The highest BCUT2D eigenvalue weighted by Crippen LogP contribution is 2.30. The lowest BCUT2D eigenvalue weighted by atomic mass is 10.2. The Morgan fingerprint density at radius 1 is 1.21 bits per heavy atom. The summed E-state index contributed by atoms with van der Waals surface area (Å²) in [6, 6.07) is 12.6. The van der Waals surface area contributed by atoms with Crippen LogP contribution in [0.1, 0.15) is 22.3 Å². The van der Waals surface area contributed by atoms with Crippen LogP contribution in [-0.2, 0) is 9.59 Å². The minimum atomic E-state index is -1.09. The molecule has 1 heterocycles. The van der Waals surface area contributed by atoms with Crippen LogP contribution in [0.2, 0.25) is 5.02 Å². The standard InChI is InChI=1S/C19H15ClN4O4S/c20-14-4-2-1-3-12(14)10-22-23-19(21)29-15-9-16(25)24(17(15)26)13-7-5-11(6-8-13)18(27)28/h1-8,10,15H,9H2,(H2,21,23)(H,27,28)/b22-10-/t15-/m0/s1. The van der Waals surface area contributed by atoms with E-state index >= 15 is 0 Å². The largest absolute Gasteiger partial charge is 0.478 e. The molecule has 0 unspecified atom stereocenters. The normalized spacial score (nSPS) is 17.3. The summed E-state index contributed by atoms with van der Waals surface area (Å²) in [5.74, 6) is -1.94. The van der Waals surface area contributed by atoms with Crippen molar-refractivity contribution >= 4 is 58.2 Å². The van der Waals surface area contributed by atoms with Crippen molar-refractivity contribution in [2.45, 2.75) is 11.7 Å². The fourth-order valence-electron chi connectivity index (χ4n) is 2.62. The van der Waals surface area contributed by atoms with Crippen LogP contribution in [0.5, 0.6) is 0 Å². The molecule has 2 aromatic rings. The zero-order valence-electron chi connectivity index (χ0n) is 14.9. The van der Waals surface area contributed by atoms with E-state index in [2.05, 4.69) is 10.2 Å². The van der Waals surface area contributed by atoms with Gasteiger partial charge in [0.2, 0.25) is 11.8 Å². The number of imide groups is 1. The fraction of sp³-hybridized carbons (Fsp3) is 0.105. The third kappa shape index (κ3) is 4.82.